The van der Waals surface area contributed by atoms with Gasteiger partial charge in [0.15, 0.2) is 5.78 Å². The zero-order valence-electron chi connectivity index (χ0n) is 18.4. The van der Waals surface area contributed by atoms with Gasteiger partial charge in [-0.25, -0.2) is 9.59 Å². The predicted molar refractivity (Wildman–Crippen MR) is 113 cm³/mol. The second kappa shape index (κ2) is 9.81. The number of phenolic OH excluding ortho intramolecular Hbond substituents is 1. The van der Waals surface area contributed by atoms with Crippen LogP contribution in [-0.2, 0) is 19.1 Å². The molecule has 12 nitrogen and oxygen atoms in total. The van der Waals surface area contributed by atoms with Crippen LogP contribution < -0.4 is 9.47 Å². The Kier molecular flexibility index (Phi) is 7.26. The minimum Gasteiger partial charge on any atom is -0.506 e. The van der Waals surface area contributed by atoms with E-state index in [1.165, 1.54) is 20.1 Å². The van der Waals surface area contributed by atoms with Gasteiger partial charge in [-0.2, -0.15) is 0 Å². The summed E-state index contributed by atoms with van der Waals surface area (Å²) < 4.78 is 20.9. The first-order chi connectivity index (χ1) is 16.0. The van der Waals surface area contributed by atoms with Gasteiger partial charge in [-0.05, 0) is 30.9 Å². The fraction of sp³-hybridized carbons (Fsp3) is 0.409. The van der Waals surface area contributed by atoms with Crippen LogP contribution in [0.4, 0.5) is 0 Å². The van der Waals surface area contributed by atoms with Crippen LogP contribution in [0.2, 0.25) is 0 Å². The molecule has 0 amide bonds. The van der Waals surface area contributed by atoms with E-state index in [2.05, 4.69) is 4.74 Å². The normalized spacial score (nSPS) is 24.5. The van der Waals surface area contributed by atoms with Gasteiger partial charge in [0.05, 0.1) is 18.1 Å². The summed E-state index contributed by atoms with van der Waals surface area (Å²) in [6, 6.07) is 4.57. The SMILES string of the molecule is COc1cc(O[C@@H]2O[C@H](COC(=O)C(=O)O)[C@@H](O)[C@H](O)[C@H]2O)c2c(O)c(C(C)=O)c(C)cc2c1. The van der Waals surface area contributed by atoms with E-state index in [0.717, 1.165) is 0 Å². The Bertz CT molecular complexity index is 1130. The van der Waals surface area contributed by atoms with Gasteiger partial charge >= 0.3 is 11.9 Å². The molecule has 1 aliphatic rings. The molecule has 3 rings (SSSR count). The number of aliphatic carboxylic acids is 1. The number of ether oxygens (including phenoxy) is 4. The van der Waals surface area contributed by atoms with Crippen molar-refractivity contribution in [1.29, 1.82) is 0 Å². The lowest BCUT2D eigenvalue weighted by atomic mass is 9.96. The zero-order valence-corrected chi connectivity index (χ0v) is 18.4. The van der Waals surface area contributed by atoms with Crippen molar-refractivity contribution in [2.75, 3.05) is 13.7 Å². The van der Waals surface area contributed by atoms with E-state index in [4.69, 9.17) is 19.3 Å². The minimum absolute atomic E-state index is 0.0570. The first kappa shape index (κ1) is 25.2. The molecule has 2 aromatic rings. The monoisotopic (exact) mass is 480 g/mol. The molecule has 0 spiro atoms. The second-order valence-electron chi connectivity index (χ2n) is 7.73. The Balaban J connectivity index is 2.00. The Morgan fingerprint density at radius 1 is 1.06 bits per heavy atom. The molecule has 0 aromatic heterocycles. The molecular weight excluding hydrogens is 456 g/mol. The van der Waals surface area contributed by atoms with E-state index in [1.807, 2.05) is 0 Å². The number of phenols is 1. The summed E-state index contributed by atoms with van der Waals surface area (Å²) in [5.74, 6) is -4.03. The third-order valence-electron chi connectivity index (χ3n) is 5.40. The number of fused-ring (bicyclic) bond motifs is 1. The highest BCUT2D eigenvalue weighted by atomic mass is 16.7. The van der Waals surface area contributed by atoms with Crippen LogP contribution in [0.15, 0.2) is 18.2 Å². The van der Waals surface area contributed by atoms with Crippen molar-refractivity contribution in [3.8, 4) is 17.2 Å². The summed E-state index contributed by atoms with van der Waals surface area (Å²) >= 11 is 0. The third kappa shape index (κ3) is 4.75. The van der Waals surface area contributed by atoms with E-state index in [9.17, 15) is 34.8 Å². The van der Waals surface area contributed by atoms with Crippen molar-refractivity contribution in [3.63, 3.8) is 0 Å². The molecule has 34 heavy (non-hydrogen) atoms. The lowest BCUT2D eigenvalue weighted by Gasteiger charge is -2.40. The number of carbonyl (C=O) groups is 3. The number of ketones is 1. The molecule has 1 fully saturated rings. The number of carboxylic acid groups (broad SMARTS) is 1. The molecule has 1 saturated heterocycles. The van der Waals surface area contributed by atoms with E-state index in [1.54, 1.807) is 19.1 Å². The minimum atomic E-state index is -1.87. The number of aliphatic hydroxyl groups excluding tert-OH is 3. The summed E-state index contributed by atoms with van der Waals surface area (Å²) in [5, 5.41) is 50.8. The number of benzene rings is 2. The van der Waals surface area contributed by atoms with Crippen molar-refractivity contribution in [2.24, 2.45) is 0 Å². The quantitative estimate of drug-likeness (QED) is 0.210. The van der Waals surface area contributed by atoms with Gasteiger partial charge in [0.1, 0.15) is 48.3 Å². The van der Waals surface area contributed by atoms with Crippen LogP contribution in [-0.4, -0.2) is 87.7 Å². The lowest BCUT2D eigenvalue weighted by Crippen LogP contribution is -2.60. The molecule has 5 atom stereocenters. The Morgan fingerprint density at radius 2 is 1.74 bits per heavy atom. The number of rotatable bonds is 6. The molecule has 1 aliphatic heterocycles. The molecular formula is C22H24O12. The van der Waals surface area contributed by atoms with Crippen LogP contribution >= 0.6 is 0 Å². The van der Waals surface area contributed by atoms with Gasteiger partial charge in [0.25, 0.3) is 0 Å². The Morgan fingerprint density at radius 3 is 2.32 bits per heavy atom. The molecule has 12 heteroatoms. The number of aryl methyl sites for hydroxylation is 1. The summed E-state index contributed by atoms with van der Waals surface area (Å²) in [5.41, 5.74) is 0.561. The Hall–Kier alpha value is -3.45. The number of esters is 1. The number of methoxy groups -OCH3 is 1. The van der Waals surface area contributed by atoms with Crippen molar-refractivity contribution < 1.29 is 58.9 Å². The summed E-state index contributed by atoms with van der Waals surface area (Å²) in [6.07, 6.45) is -8.44. The highest BCUT2D eigenvalue weighted by Gasteiger charge is 2.46. The molecule has 184 valence electrons. The van der Waals surface area contributed by atoms with Crippen molar-refractivity contribution in [2.45, 2.75) is 44.6 Å². The molecule has 0 radical (unpaired) electrons. The maximum absolute atomic E-state index is 12.1. The van der Waals surface area contributed by atoms with Crippen LogP contribution in [0.3, 0.4) is 0 Å². The van der Waals surface area contributed by atoms with Crippen molar-refractivity contribution >= 4 is 28.5 Å². The van der Waals surface area contributed by atoms with Crippen LogP contribution in [0.5, 0.6) is 17.2 Å². The molecule has 0 saturated carbocycles. The molecule has 0 unspecified atom stereocenters. The van der Waals surface area contributed by atoms with E-state index < -0.39 is 55.0 Å². The zero-order chi connectivity index (χ0) is 25.3. The number of carboxylic acids is 1. The maximum atomic E-state index is 12.1. The molecule has 5 N–H and O–H groups in total. The average Bonchev–Trinajstić information content (AvgIpc) is 2.77. The van der Waals surface area contributed by atoms with Gasteiger partial charge in [-0.3, -0.25) is 4.79 Å². The van der Waals surface area contributed by atoms with Gasteiger partial charge in [0, 0.05) is 6.07 Å². The number of Topliss-reactive ketones (excluding diaryl/α,β-unsaturated/α-hetero) is 1. The van der Waals surface area contributed by atoms with E-state index >= 15 is 0 Å². The van der Waals surface area contributed by atoms with Gasteiger partial charge in [-0.1, -0.05) is 6.07 Å². The summed E-state index contributed by atoms with van der Waals surface area (Å²) in [6.45, 7) is 2.17. The first-order valence-electron chi connectivity index (χ1n) is 10.1. The van der Waals surface area contributed by atoms with Crippen LogP contribution in [0.25, 0.3) is 10.8 Å². The highest BCUT2D eigenvalue weighted by molar-refractivity contribution is 6.28. The van der Waals surface area contributed by atoms with Crippen molar-refractivity contribution in [3.05, 3.63) is 29.3 Å². The third-order valence-corrected chi connectivity index (χ3v) is 5.40. The molecule has 1 heterocycles. The van der Waals surface area contributed by atoms with Gasteiger partial charge in [-0.15, -0.1) is 0 Å². The first-order valence-corrected chi connectivity index (χ1v) is 10.1. The summed E-state index contributed by atoms with van der Waals surface area (Å²) in [4.78, 5) is 33.9. The number of aromatic hydroxyl groups is 1. The van der Waals surface area contributed by atoms with Crippen molar-refractivity contribution in [1.82, 2.24) is 0 Å². The predicted octanol–water partition coefficient (Wildman–Crippen LogP) is -0.121. The molecule has 0 bridgehead atoms. The molecule has 2 aromatic carbocycles. The fourth-order valence-corrected chi connectivity index (χ4v) is 3.75. The maximum Gasteiger partial charge on any atom is 0.417 e. The summed E-state index contributed by atoms with van der Waals surface area (Å²) in [7, 11) is 1.39. The average molecular weight is 480 g/mol. The fourth-order valence-electron chi connectivity index (χ4n) is 3.75. The van der Waals surface area contributed by atoms with E-state index in [-0.39, 0.29) is 22.4 Å². The van der Waals surface area contributed by atoms with E-state index in [0.29, 0.717) is 16.7 Å². The van der Waals surface area contributed by atoms with Crippen LogP contribution in [0, 0.1) is 6.92 Å². The topological polar surface area (TPSA) is 189 Å². The highest BCUT2D eigenvalue weighted by Crippen LogP contribution is 2.42. The standard InChI is InChI=1S/C22H24O12/c1-8-4-10-5-11(31-3)6-12(15(10)17(25)14(8)9(2)23)33-22-19(27)18(26)16(24)13(34-22)7-32-21(30)20(28)29/h4-6,13,16,18-19,22,24-27H,7H2,1-3H3,(H,28,29)/t13-,16-,18+,19-,22-/m1/s1. The second-order valence-corrected chi connectivity index (χ2v) is 7.73. The lowest BCUT2D eigenvalue weighted by molar-refractivity contribution is -0.278. The number of aliphatic hydroxyl groups is 3. The van der Waals surface area contributed by atoms with Gasteiger partial charge < -0.3 is 44.5 Å². The smallest absolute Gasteiger partial charge is 0.417 e. The number of hydrogen-bond donors (Lipinski definition) is 5. The number of carbonyl (C=O) groups excluding carboxylic acids is 2. The van der Waals surface area contributed by atoms with Gasteiger partial charge in [0.2, 0.25) is 6.29 Å². The number of hydrogen-bond acceptors (Lipinski definition) is 11. The Labute approximate surface area is 192 Å². The largest absolute Gasteiger partial charge is 0.506 e. The van der Waals surface area contributed by atoms with Crippen LogP contribution in [0.1, 0.15) is 22.8 Å². The molecule has 0 aliphatic carbocycles.